The maximum Gasteiger partial charge on any atom is 0.224 e. The van der Waals surface area contributed by atoms with Gasteiger partial charge in [0.1, 0.15) is 0 Å². The van der Waals surface area contributed by atoms with Crippen molar-refractivity contribution in [2.75, 3.05) is 5.32 Å². The van der Waals surface area contributed by atoms with E-state index < -0.39 is 0 Å². The van der Waals surface area contributed by atoms with Gasteiger partial charge in [0, 0.05) is 6.42 Å². The van der Waals surface area contributed by atoms with Gasteiger partial charge in [-0.1, -0.05) is 13.8 Å². The Morgan fingerprint density at radius 2 is 2.15 bits per heavy atom. The average Bonchev–Trinajstić information content (AvgIpc) is 2.46. The maximum absolute atomic E-state index is 11.1. The topological polar surface area (TPSA) is 57.8 Å². The third-order valence-electron chi connectivity index (χ3n) is 2.28. The van der Waals surface area contributed by atoms with Crippen LogP contribution < -0.4 is 5.32 Å². The van der Waals surface area contributed by atoms with Crippen LogP contribution in [-0.4, -0.2) is 16.1 Å². The van der Waals surface area contributed by atoms with E-state index in [1.807, 2.05) is 0 Å². The molecule has 0 spiro atoms. The molecule has 0 saturated heterocycles. The third kappa shape index (κ3) is 1.32. The molecule has 1 amide bonds. The molecule has 1 aromatic rings. The Kier molecular flexibility index (Phi) is 1.83. The molecular formula is C9H13N3O. The molecule has 1 aromatic heterocycles. The van der Waals surface area contributed by atoms with E-state index in [0.29, 0.717) is 12.3 Å². The highest BCUT2D eigenvalue weighted by Crippen LogP contribution is 2.28. The summed E-state index contributed by atoms with van der Waals surface area (Å²) in [5, 5.41) is 10.0. The smallest absolute Gasteiger partial charge is 0.224 e. The van der Waals surface area contributed by atoms with Crippen molar-refractivity contribution in [3.8, 4) is 0 Å². The lowest BCUT2D eigenvalue weighted by atomic mass is 10.0. The van der Waals surface area contributed by atoms with E-state index in [4.69, 9.17) is 0 Å². The van der Waals surface area contributed by atoms with Crippen LogP contribution in [0, 0.1) is 0 Å². The molecule has 0 fully saturated rings. The third-order valence-corrected chi connectivity index (χ3v) is 2.28. The first-order chi connectivity index (χ1) is 6.18. The molecule has 2 rings (SSSR count). The fourth-order valence-corrected chi connectivity index (χ4v) is 1.57. The quantitative estimate of drug-likeness (QED) is 0.685. The van der Waals surface area contributed by atoms with Crippen LogP contribution in [0.5, 0.6) is 0 Å². The first-order valence-corrected chi connectivity index (χ1v) is 4.55. The Bertz CT molecular complexity index is 341. The summed E-state index contributed by atoms with van der Waals surface area (Å²) in [5.74, 6) is 0.439. The van der Waals surface area contributed by atoms with Gasteiger partial charge in [-0.2, -0.15) is 5.10 Å². The number of hydrogen-bond acceptors (Lipinski definition) is 2. The van der Waals surface area contributed by atoms with Crippen LogP contribution >= 0.6 is 0 Å². The van der Waals surface area contributed by atoms with Crippen LogP contribution in [0.2, 0.25) is 0 Å². The number of carbonyl (C=O) groups excluding carboxylic acids is 1. The highest BCUT2D eigenvalue weighted by molar-refractivity contribution is 5.94. The fourth-order valence-electron chi connectivity index (χ4n) is 1.57. The van der Waals surface area contributed by atoms with Gasteiger partial charge in [-0.05, 0) is 12.3 Å². The zero-order valence-corrected chi connectivity index (χ0v) is 7.85. The summed E-state index contributed by atoms with van der Waals surface area (Å²) in [4.78, 5) is 11.1. The summed E-state index contributed by atoms with van der Waals surface area (Å²) in [6.07, 6.45) is 1.34. The lowest BCUT2D eigenvalue weighted by Gasteiger charge is -2.13. The number of amides is 1. The predicted molar refractivity (Wildman–Crippen MR) is 49.6 cm³/mol. The number of aromatic nitrogens is 2. The van der Waals surface area contributed by atoms with E-state index in [-0.39, 0.29) is 5.91 Å². The van der Waals surface area contributed by atoms with Crippen LogP contribution in [0.3, 0.4) is 0 Å². The monoisotopic (exact) mass is 179 g/mol. The number of fused-ring (bicyclic) bond motifs is 1. The van der Waals surface area contributed by atoms with Crippen molar-refractivity contribution in [3.05, 3.63) is 11.4 Å². The largest absolute Gasteiger partial charge is 0.323 e. The molecule has 4 heteroatoms. The van der Waals surface area contributed by atoms with E-state index in [0.717, 1.165) is 23.5 Å². The minimum absolute atomic E-state index is 0.0933. The number of carbonyl (C=O) groups is 1. The van der Waals surface area contributed by atoms with Gasteiger partial charge >= 0.3 is 0 Å². The van der Waals surface area contributed by atoms with E-state index in [1.54, 1.807) is 0 Å². The van der Waals surface area contributed by atoms with Crippen LogP contribution in [0.25, 0.3) is 0 Å². The molecule has 1 aliphatic rings. The van der Waals surface area contributed by atoms with Crippen molar-refractivity contribution in [2.45, 2.75) is 32.6 Å². The number of H-pyrrole nitrogens is 1. The Morgan fingerprint density at radius 3 is 2.85 bits per heavy atom. The van der Waals surface area contributed by atoms with E-state index in [9.17, 15) is 4.79 Å². The number of nitrogens with one attached hydrogen (secondary N) is 2. The number of anilines is 1. The van der Waals surface area contributed by atoms with Crippen molar-refractivity contribution in [2.24, 2.45) is 0 Å². The zero-order chi connectivity index (χ0) is 9.42. The van der Waals surface area contributed by atoms with Gasteiger partial charge in [-0.15, -0.1) is 0 Å². The van der Waals surface area contributed by atoms with Crippen LogP contribution in [-0.2, 0) is 11.2 Å². The van der Waals surface area contributed by atoms with Crippen molar-refractivity contribution < 1.29 is 4.79 Å². The molecule has 2 heterocycles. The van der Waals surface area contributed by atoms with Crippen molar-refractivity contribution >= 4 is 11.6 Å². The van der Waals surface area contributed by atoms with Crippen LogP contribution in [0.1, 0.15) is 37.6 Å². The second-order valence-electron chi connectivity index (χ2n) is 3.67. The maximum atomic E-state index is 11.1. The molecule has 13 heavy (non-hydrogen) atoms. The first-order valence-electron chi connectivity index (χ1n) is 4.55. The fraction of sp³-hybridized carbons (Fsp3) is 0.556. The molecule has 0 aliphatic carbocycles. The molecule has 0 atom stereocenters. The summed E-state index contributed by atoms with van der Waals surface area (Å²) in [7, 11) is 0. The highest BCUT2D eigenvalue weighted by Gasteiger charge is 2.21. The first kappa shape index (κ1) is 8.29. The molecule has 0 radical (unpaired) electrons. The molecule has 4 nitrogen and oxygen atoms in total. The normalized spacial score (nSPS) is 15.8. The summed E-state index contributed by atoms with van der Waals surface area (Å²) >= 11 is 0. The Balaban J connectivity index is 2.41. The Hall–Kier alpha value is -1.32. The van der Waals surface area contributed by atoms with Crippen molar-refractivity contribution in [3.63, 3.8) is 0 Å². The number of aryl methyl sites for hydroxylation is 1. The second-order valence-corrected chi connectivity index (χ2v) is 3.67. The van der Waals surface area contributed by atoms with Gasteiger partial charge in [0.05, 0.1) is 17.1 Å². The minimum Gasteiger partial charge on any atom is -0.323 e. The van der Waals surface area contributed by atoms with E-state index >= 15 is 0 Å². The number of rotatable bonds is 1. The average molecular weight is 179 g/mol. The van der Waals surface area contributed by atoms with E-state index in [2.05, 4.69) is 29.4 Å². The van der Waals surface area contributed by atoms with Gasteiger partial charge in [0.15, 0.2) is 0 Å². The molecule has 0 unspecified atom stereocenters. The lowest BCUT2D eigenvalue weighted by Crippen LogP contribution is -2.19. The molecule has 0 bridgehead atoms. The van der Waals surface area contributed by atoms with Crippen molar-refractivity contribution in [1.29, 1.82) is 0 Å². The van der Waals surface area contributed by atoms with Crippen LogP contribution in [0.15, 0.2) is 0 Å². The highest BCUT2D eigenvalue weighted by atomic mass is 16.1. The standard InChI is InChI=1S/C9H13N3O/c1-5(2)8-9-6(11-12-8)3-4-7(13)10-9/h5H,3-4H2,1-2H3,(H,10,13)(H,11,12). The summed E-state index contributed by atoms with van der Waals surface area (Å²) in [6, 6.07) is 0. The van der Waals surface area contributed by atoms with E-state index in [1.165, 1.54) is 0 Å². The van der Waals surface area contributed by atoms with Gasteiger partial charge in [-0.25, -0.2) is 0 Å². The Labute approximate surface area is 76.7 Å². The summed E-state index contributed by atoms with van der Waals surface area (Å²) < 4.78 is 0. The zero-order valence-electron chi connectivity index (χ0n) is 7.85. The van der Waals surface area contributed by atoms with Crippen molar-refractivity contribution in [1.82, 2.24) is 10.2 Å². The second kappa shape index (κ2) is 2.87. The number of nitrogens with zero attached hydrogens (tertiary/aromatic N) is 1. The lowest BCUT2D eigenvalue weighted by molar-refractivity contribution is -0.116. The Morgan fingerprint density at radius 1 is 1.38 bits per heavy atom. The SMILES string of the molecule is CC(C)c1n[nH]c2c1NC(=O)CC2. The molecule has 0 saturated carbocycles. The molecule has 2 N–H and O–H groups in total. The van der Waals surface area contributed by atoms with Crippen LogP contribution in [0.4, 0.5) is 5.69 Å². The predicted octanol–water partition coefficient (Wildman–Crippen LogP) is 1.42. The van der Waals surface area contributed by atoms with Gasteiger partial charge in [-0.3, -0.25) is 9.89 Å². The van der Waals surface area contributed by atoms with Gasteiger partial charge in [0.25, 0.3) is 0 Å². The minimum atomic E-state index is 0.0933. The molecule has 70 valence electrons. The molecule has 0 aromatic carbocycles. The van der Waals surface area contributed by atoms with Gasteiger partial charge in [0.2, 0.25) is 5.91 Å². The summed E-state index contributed by atoms with van der Waals surface area (Å²) in [5.41, 5.74) is 2.93. The molecular weight excluding hydrogens is 166 g/mol. The number of aromatic amines is 1. The summed E-state index contributed by atoms with van der Waals surface area (Å²) in [6.45, 7) is 4.13. The number of hydrogen-bond donors (Lipinski definition) is 2. The molecule has 1 aliphatic heterocycles. The van der Waals surface area contributed by atoms with Gasteiger partial charge < -0.3 is 5.32 Å².